The van der Waals surface area contributed by atoms with E-state index in [1.165, 1.54) is 12.1 Å². The van der Waals surface area contributed by atoms with Gasteiger partial charge in [-0.2, -0.15) is 26.3 Å². The summed E-state index contributed by atoms with van der Waals surface area (Å²) in [6.45, 7) is 3.00. The molecule has 0 saturated carbocycles. The van der Waals surface area contributed by atoms with E-state index in [9.17, 15) is 26.3 Å². The highest BCUT2D eigenvalue weighted by Crippen LogP contribution is 2.34. The molecular formula is C19H20ClF6N3O. The number of hydrogen-bond donors (Lipinski definition) is 3. The lowest BCUT2D eigenvalue weighted by Gasteiger charge is -2.31. The van der Waals surface area contributed by atoms with Crippen molar-refractivity contribution in [3.05, 3.63) is 59.6 Å². The van der Waals surface area contributed by atoms with E-state index >= 15 is 0 Å². The third kappa shape index (κ3) is 7.24. The van der Waals surface area contributed by atoms with Crippen LogP contribution in [0.3, 0.4) is 0 Å². The van der Waals surface area contributed by atoms with Gasteiger partial charge in [0.05, 0.1) is 17.8 Å². The molecule has 166 valence electrons. The van der Waals surface area contributed by atoms with Crippen molar-refractivity contribution in [2.45, 2.75) is 43.8 Å². The van der Waals surface area contributed by atoms with Gasteiger partial charge in [-0.15, -0.1) is 0 Å². The number of nitrogens with one attached hydrogen (secondary N) is 3. The summed E-state index contributed by atoms with van der Waals surface area (Å²) in [5, 5.41) is 11.5. The van der Waals surface area contributed by atoms with Crippen molar-refractivity contribution >= 4 is 16.8 Å². The number of alkyl halides is 6. The molecule has 1 aliphatic heterocycles. The Balaban J connectivity index is 1.99. The second-order valence-electron chi connectivity index (χ2n) is 6.69. The summed E-state index contributed by atoms with van der Waals surface area (Å²) in [7, 11) is 0. The Morgan fingerprint density at radius 3 is 2.33 bits per heavy atom. The van der Waals surface area contributed by atoms with Crippen LogP contribution >= 0.6 is 11.6 Å². The quantitative estimate of drug-likeness (QED) is 0.369. The molecule has 1 aromatic rings. The van der Waals surface area contributed by atoms with Crippen molar-refractivity contribution < 1.29 is 31.1 Å². The lowest BCUT2D eigenvalue weighted by Crippen LogP contribution is -2.38. The van der Waals surface area contributed by atoms with Crippen LogP contribution in [0, 0.1) is 5.41 Å². The van der Waals surface area contributed by atoms with Crippen molar-refractivity contribution in [1.82, 2.24) is 10.6 Å². The van der Waals surface area contributed by atoms with E-state index in [1.54, 1.807) is 0 Å². The molecular weight excluding hydrogens is 436 g/mol. The summed E-state index contributed by atoms with van der Waals surface area (Å²) in [5.41, 5.74) is -1.39. The molecule has 1 fully saturated rings. The van der Waals surface area contributed by atoms with Crippen molar-refractivity contribution in [3.8, 4) is 0 Å². The van der Waals surface area contributed by atoms with Gasteiger partial charge in [-0.25, -0.2) is 0 Å². The van der Waals surface area contributed by atoms with E-state index in [0.717, 1.165) is 24.6 Å². The van der Waals surface area contributed by atoms with E-state index < -0.39 is 41.0 Å². The summed E-state index contributed by atoms with van der Waals surface area (Å²) >= 11 is 5.44. The topological polar surface area (TPSA) is 57.1 Å². The molecule has 1 aliphatic rings. The molecule has 1 saturated heterocycles. The van der Waals surface area contributed by atoms with Gasteiger partial charge >= 0.3 is 12.4 Å². The Kier molecular flexibility index (Phi) is 7.81. The normalized spacial score (nSPS) is 20.6. The van der Waals surface area contributed by atoms with Crippen LogP contribution in [-0.2, 0) is 10.9 Å². The Bertz CT molecular complexity index is 789. The number of ether oxygens (including phenoxy) is 1. The molecule has 2 atom stereocenters. The second kappa shape index (κ2) is 9.74. The largest absolute Gasteiger partial charge is 0.430 e. The van der Waals surface area contributed by atoms with Crippen LogP contribution in [0.2, 0.25) is 0 Å². The molecule has 0 spiro atoms. The molecule has 2 rings (SSSR count). The average molecular weight is 456 g/mol. The van der Waals surface area contributed by atoms with Crippen molar-refractivity contribution in [2.24, 2.45) is 0 Å². The predicted octanol–water partition coefficient (Wildman–Crippen LogP) is 5.63. The van der Waals surface area contributed by atoms with Gasteiger partial charge in [0.25, 0.3) is 0 Å². The van der Waals surface area contributed by atoms with Gasteiger partial charge in [-0.05, 0) is 37.0 Å². The molecule has 0 amide bonds. The van der Waals surface area contributed by atoms with Crippen LogP contribution < -0.4 is 10.6 Å². The van der Waals surface area contributed by atoms with Crippen LogP contribution in [-0.4, -0.2) is 24.0 Å². The number of benzene rings is 1. The number of allylic oxidation sites excluding steroid dienone is 2. The zero-order valence-electron chi connectivity index (χ0n) is 15.6. The molecule has 0 aliphatic carbocycles. The van der Waals surface area contributed by atoms with Crippen molar-refractivity contribution in [3.63, 3.8) is 0 Å². The Morgan fingerprint density at radius 1 is 1.17 bits per heavy atom. The van der Waals surface area contributed by atoms with Crippen LogP contribution in [0.25, 0.3) is 0 Å². The van der Waals surface area contributed by atoms with Crippen LogP contribution in [0.5, 0.6) is 0 Å². The number of halogens is 7. The summed E-state index contributed by atoms with van der Waals surface area (Å²) < 4.78 is 82.1. The molecule has 11 heteroatoms. The number of rotatable bonds is 7. The highest BCUT2D eigenvalue weighted by Gasteiger charge is 2.33. The van der Waals surface area contributed by atoms with E-state index in [0.29, 0.717) is 18.4 Å². The van der Waals surface area contributed by atoms with Gasteiger partial charge < -0.3 is 15.4 Å². The fourth-order valence-electron chi connectivity index (χ4n) is 2.90. The standard InChI is InChI=1S/C19H20ClF6N3O/c1-11(18(21,22)23)29-17(9-16(20)27)28-10-14-3-2-4-15(30-14)12-5-7-13(8-6-12)19(24,25)26/h5-9,14-15,27-29H,1-4,10H2/t14-,15+/m1/s1. The van der Waals surface area contributed by atoms with Gasteiger partial charge in [0.2, 0.25) is 0 Å². The molecule has 4 nitrogen and oxygen atoms in total. The third-order valence-corrected chi connectivity index (χ3v) is 4.49. The highest BCUT2D eigenvalue weighted by molar-refractivity contribution is 6.67. The van der Waals surface area contributed by atoms with E-state index in [-0.39, 0.29) is 12.4 Å². The maximum absolute atomic E-state index is 12.7. The summed E-state index contributed by atoms with van der Waals surface area (Å²) in [4.78, 5) is 0. The van der Waals surface area contributed by atoms with Gasteiger partial charge in [0.15, 0.2) is 0 Å². The third-order valence-electron chi connectivity index (χ3n) is 4.38. The van der Waals surface area contributed by atoms with Crippen molar-refractivity contribution in [2.75, 3.05) is 6.54 Å². The summed E-state index contributed by atoms with van der Waals surface area (Å²) in [6.07, 6.45) is -7.02. The van der Waals surface area contributed by atoms with E-state index in [2.05, 4.69) is 11.9 Å². The maximum atomic E-state index is 12.7. The molecule has 3 N–H and O–H groups in total. The van der Waals surface area contributed by atoms with Crippen LogP contribution in [0.4, 0.5) is 26.3 Å². The molecule has 30 heavy (non-hydrogen) atoms. The second-order valence-corrected chi connectivity index (χ2v) is 7.09. The van der Waals surface area contributed by atoms with Gasteiger partial charge in [-0.3, -0.25) is 5.41 Å². The molecule has 0 unspecified atom stereocenters. The smallest absolute Gasteiger partial charge is 0.369 e. The molecule has 0 bridgehead atoms. The minimum atomic E-state index is -4.68. The molecule has 0 aromatic heterocycles. The molecule has 1 heterocycles. The lowest BCUT2D eigenvalue weighted by atomic mass is 9.97. The van der Waals surface area contributed by atoms with Gasteiger partial charge in [0, 0.05) is 12.6 Å². The first kappa shape index (κ1) is 24.1. The minimum absolute atomic E-state index is 0.102. The fraction of sp³-hybridized carbons (Fsp3) is 0.421. The summed E-state index contributed by atoms with van der Waals surface area (Å²) in [5.74, 6) is -0.169. The maximum Gasteiger partial charge on any atom is 0.430 e. The molecule has 0 radical (unpaired) electrons. The van der Waals surface area contributed by atoms with E-state index in [1.807, 2.05) is 5.32 Å². The Labute approximate surface area is 174 Å². The number of hydrogen-bond acceptors (Lipinski definition) is 4. The fourth-order valence-corrected chi connectivity index (χ4v) is 3.01. The summed E-state index contributed by atoms with van der Waals surface area (Å²) in [6, 6.07) is 4.69. The zero-order chi connectivity index (χ0) is 22.5. The highest BCUT2D eigenvalue weighted by atomic mass is 35.5. The lowest BCUT2D eigenvalue weighted by molar-refractivity contribution is -0.137. The minimum Gasteiger partial charge on any atom is -0.369 e. The van der Waals surface area contributed by atoms with Crippen LogP contribution in [0.15, 0.2) is 48.4 Å². The first-order valence-corrected chi connectivity index (χ1v) is 9.29. The van der Waals surface area contributed by atoms with Crippen LogP contribution in [0.1, 0.15) is 36.5 Å². The van der Waals surface area contributed by atoms with E-state index in [4.69, 9.17) is 21.7 Å². The predicted molar refractivity (Wildman–Crippen MR) is 101 cm³/mol. The first-order valence-electron chi connectivity index (χ1n) is 8.91. The Morgan fingerprint density at radius 2 is 1.80 bits per heavy atom. The van der Waals surface area contributed by atoms with Crippen molar-refractivity contribution in [1.29, 1.82) is 5.41 Å². The first-order chi connectivity index (χ1) is 13.9. The SMILES string of the molecule is C=C(NC(=CC(=N)Cl)NC[C@H]1CCC[C@@H](c2ccc(C(F)(F)F)cc2)O1)C(F)(F)F. The molecule has 1 aromatic carbocycles. The van der Waals surface area contributed by atoms with Gasteiger partial charge in [0.1, 0.15) is 16.7 Å². The zero-order valence-corrected chi connectivity index (χ0v) is 16.4. The van der Waals surface area contributed by atoms with Gasteiger partial charge in [-0.1, -0.05) is 30.3 Å². The Hall–Kier alpha value is -2.20. The monoisotopic (exact) mass is 455 g/mol. The average Bonchev–Trinajstić information content (AvgIpc) is 2.64.